The maximum absolute atomic E-state index is 13.7. The molecule has 1 amide bonds. The molecule has 126 valence electrons. The quantitative estimate of drug-likeness (QED) is 0.854. The van der Waals surface area contributed by atoms with Gasteiger partial charge < -0.3 is 4.90 Å². The van der Waals surface area contributed by atoms with E-state index in [0.717, 1.165) is 63.3 Å². The molecule has 1 aromatic carbocycles. The number of carbonyl (C=O) groups excluding carboxylic acids is 1. The second-order valence-electron chi connectivity index (χ2n) is 7.15. The van der Waals surface area contributed by atoms with E-state index in [2.05, 4.69) is 16.7 Å². The number of hydrogen-bond donors (Lipinski definition) is 0. The van der Waals surface area contributed by atoms with E-state index in [1.165, 1.54) is 6.07 Å². The van der Waals surface area contributed by atoms with Crippen LogP contribution in [0, 0.1) is 17.7 Å². The predicted molar refractivity (Wildman–Crippen MR) is 89.4 cm³/mol. The zero-order chi connectivity index (χ0) is 16.2. The van der Waals surface area contributed by atoms with E-state index in [0.29, 0.717) is 12.5 Å². The Balaban J connectivity index is 1.48. The van der Waals surface area contributed by atoms with Crippen molar-refractivity contribution in [3.63, 3.8) is 0 Å². The van der Waals surface area contributed by atoms with Crippen molar-refractivity contribution in [2.24, 2.45) is 11.8 Å². The molecule has 0 unspecified atom stereocenters. The molecule has 3 rings (SSSR count). The van der Waals surface area contributed by atoms with E-state index < -0.39 is 0 Å². The molecule has 0 N–H and O–H groups in total. The van der Waals surface area contributed by atoms with Crippen LogP contribution >= 0.6 is 0 Å². The molecule has 0 spiro atoms. The maximum atomic E-state index is 13.7. The number of benzene rings is 1. The molecule has 0 saturated carbocycles. The summed E-state index contributed by atoms with van der Waals surface area (Å²) < 4.78 is 13.7. The van der Waals surface area contributed by atoms with E-state index in [1.807, 2.05) is 12.1 Å². The van der Waals surface area contributed by atoms with Crippen LogP contribution in [0.25, 0.3) is 0 Å². The smallest absolute Gasteiger partial charge is 0.225 e. The molecule has 1 aromatic rings. The van der Waals surface area contributed by atoms with Gasteiger partial charge in [-0.2, -0.15) is 0 Å². The van der Waals surface area contributed by atoms with Crippen molar-refractivity contribution in [1.82, 2.24) is 9.80 Å². The third-order valence-electron chi connectivity index (χ3n) is 5.38. The van der Waals surface area contributed by atoms with Gasteiger partial charge in [-0.15, -0.1) is 0 Å². The molecular weight excluding hydrogens is 291 g/mol. The number of hydrogen-bond acceptors (Lipinski definition) is 2. The minimum atomic E-state index is -0.131. The molecule has 0 bridgehead atoms. The second kappa shape index (κ2) is 7.43. The summed E-state index contributed by atoms with van der Waals surface area (Å²) in [6.07, 6.45) is 4.08. The molecule has 0 radical (unpaired) electrons. The van der Waals surface area contributed by atoms with Crippen molar-refractivity contribution < 1.29 is 9.18 Å². The molecule has 0 atom stereocenters. The SMILES string of the molecule is CC1CCN(C(=O)C2CCN(Cc3ccccc3F)CC2)CC1. The number of amides is 1. The summed E-state index contributed by atoms with van der Waals surface area (Å²) in [7, 11) is 0. The normalized spacial score (nSPS) is 21.6. The van der Waals surface area contributed by atoms with Gasteiger partial charge in [0.2, 0.25) is 5.91 Å². The first kappa shape index (κ1) is 16.4. The molecule has 2 saturated heterocycles. The molecule has 0 aliphatic carbocycles. The first-order valence-electron chi connectivity index (χ1n) is 8.88. The van der Waals surface area contributed by atoms with Crippen molar-refractivity contribution >= 4 is 5.91 Å². The van der Waals surface area contributed by atoms with Gasteiger partial charge >= 0.3 is 0 Å². The molecule has 4 heteroatoms. The highest BCUT2D eigenvalue weighted by atomic mass is 19.1. The summed E-state index contributed by atoms with van der Waals surface area (Å²) in [5.41, 5.74) is 0.752. The first-order valence-corrected chi connectivity index (χ1v) is 8.88. The fraction of sp³-hybridized carbons (Fsp3) is 0.632. The van der Waals surface area contributed by atoms with Crippen molar-refractivity contribution in [3.05, 3.63) is 35.6 Å². The third kappa shape index (κ3) is 4.11. The van der Waals surface area contributed by atoms with Gasteiger partial charge in [-0.3, -0.25) is 9.69 Å². The zero-order valence-corrected chi connectivity index (χ0v) is 14.0. The van der Waals surface area contributed by atoms with Crippen LogP contribution in [0.1, 0.15) is 38.2 Å². The van der Waals surface area contributed by atoms with Gasteiger partial charge in [0.1, 0.15) is 5.82 Å². The second-order valence-corrected chi connectivity index (χ2v) is 7.15. The number of nitrogens with zero attached hydrogens (tertiary/aromatic N) is 2. The van der Waals surface area contributed by atoms with Gasteiger partial charge in [-0.05, 0) is 50.8 Å². The topological polar surface area (TPSA) is 23.6 Å². The molecule has 3 nitrogen and oxygen atoms in total. The van der Waals surface area contributed by atoms with Crippen LogP contribution in [0.2, 0.25) is 0 Å². The lowest BCUT2D eigenvalue weighted by molar-refractivity contribution is -0.138. The number of carbonyl (C=O) groups is 1. The van der Waals surface area contributed by atoms with Crippen molar-refractivity contribution in [3.8, 4) is 0 Å². The van der Waals surface area contributed by atoms with Crippen molar-refractivity contribution in [1.29, 1.82) is 0 Å². The van der Waals surface area contributed by atoms with Gasteiger partial charge in [0.05, 0.1) is 0 Å². The van der Waals surface area contributed by atoms with Gasteiger partial charge in [0.15, 0.2) is 0 Å². The van der Waals surface area contributed by atoms with Crippen LogP contribution in [0.3, 0.4) is 0 Å². The third-order valence-corrected chi connectivity index (χ3v) is 5.38. The van der Waals surface area contributed by atoms with E-state index in [9.17, 15) is 9.18 Å². The summed E-state index contributed by atoms with van der Waals surface area (Å²) >= 11 is 0. The van der Waals surface area contributed by atoms with Gasteiger partial charge in [-0.25, -0.2) is 4.39 Å². The van der Waals surface area contributed by atoms with Gasteiger partial charge in [-0.1, -0.05) is 25.1 Å². The molecule has 2 heterocycles. The highest BCUT2D eigenvalue weighted by Gasteiger charge is 2.30. The Bertz CT molecular complexity index is 532. The number of likely N-dealkylation sites (tertiary alicyclic amines) is 2. The standard InChI is InChI=1S/C19H27FN2O/c1-15-6-12-22(13-7-15)19(23)16-8-10-21(11-9-16)14-17-4-2-3-5-18(17)20/h2-5,15-16H,6-14H2,1H3. The van der Waals surface area contributed by atoms with Crippen LogP contribution in [0.4, 0.5) is 4.39 Å². The zero-order valence-electron chi connectivity index (χ0n) is 14.0. The predicted octanol–water partition coefficient (Wildman–Crippen LogP) is 3.30. The monoisotopic (exact) mass is 318 g/mol. The molecule has 0 aromatic heterocycles. The lowest BCUT2D eigenvalue weighted by Gasteiger charge is -2.36. The van der Waals surface area contributed by atoms with Crippen LogP contribution in [-0.2, 0) is 11.3 Å². The Morgan fingerprint density at radius 1 is 1.09 bits per heavy atom. The fourth-order valence-corrected chi connectivity index (χ4v) is 3.69. The van der Waals surface area contributed by atoms with Crippen molar-refractivity contribution in [2.75, 3.05) is 26.2 Å². The highest BCUT2D eigenvalue weighted by molar-refractivity contribution is 5.79. The minimum absolute atomic E-state index is 0.131. The van der Waals surface area contributed by atoms with Gasteiger partial charge in [0, 0.05) is 31.1 Å². The van der Waals surface area contributed by atoms with Gasteiger partial charge in [0.25, 0.3) is 0 Å². The summed E-state index contributed by atoms with van der Waals surface area (Å²) in [4.78, 5) is 17.0. The Labute approximate surface area is 138 Å². The molecule has 2 fully saturated rings. The lowest BCUT2D eigenvalue weighted by atomic mass is 9.92. The number of piperidine rings is 2. The Hall–Kier alpha value is -1.42. The van der Waals surface area contributed by atoms with Crippen LogP contribution in [0.15, 0.2) is 24.3 Å². The first-order chi connectivity index (χ1) is 11.1. The highest BCUT2D eigenvalue weighted by Crippen LogP contribution is 2.24. The average Bonchev–Trinajstić information content (AvgIpc) is 2.58. The van der Waals surface area contributed by atoms with E-state index >= 15 is 0 Å². The van der Waals surface area contributed by atoms with Crippen LogP contribution in [0.5, 0.6) is 0 Å². The summed E-state index contributed by atoms with van der Waals surface area (Å²) in [6, 6.07) is 6.97. The fourth-order valence-electron chi connectivity index (χ4n) is 3.69. The van der Waals surface area contributed by atoms with E-state index in [1.54, 1.807) is 6.07 Å². The Morgan fingerprint density at radius 3 is 2.39 bits per heavy atom. The molecular formula is C19H27FN2O. The Kier molecular flexibility index (Phi) is 5.31. The summed E-state index contributed by atoms with van der Waals surface area (Å²) in [6.45, 7) is 6.53. The minimum Gasteiger partial charge on any atom is -0.342 e. The summed E-state index contributed by atoms with van der Waals surface area (Å²) in [5.74, 6) is 1.14. The maximum Gasteiger partial charge on any atom is 0.225 e. The van der Waals surface area contributed by atoms with Crippen LogP contribution < -0.4 is 0 Å². The summed E-state index contributed by atoms with van der Waals surface area (Å²) in [5, 5.41) is 0. The number of rotatable bonds is 3. The van der Waals surface area contributed by atoms with E-state index in [4.69, 9.17) is 0 Å². The largest absolute Gasteiger partial charge is 0.342 e. The molecule has 2 aliphatic rings. The average molecular weight is 318 g/mol. The van der Waals surface area contributed by atoms with Crippen molar-refractivity contribution in [2.45, 2.75) is 39.2 Å². The lowest BCUT2D eigenvalue weighted by Crippen LogP contribution is -2.45. The Morgan fingerprint density at radius 2 is 1.74 bits per heavy atom. The van der Waals surface area contributed by atoms with Crippen LogP contribution in [-0.4, -0.2) is 41.9 Å². The van der Waals surface area contributed by atoms with E-state index in [-0.39, 0.29) is 11.7 Å². The molecule has 23 heavy (non-hydrogen) atoms. The molecule has 2 aliphatic heterocycles. The number of halogens is 1.